The summed E-state index contributed by atoms with van der Waals surface area (Å²) in [6.45, 7) is 9.08. The second-order valence-corrected chi connectivity index (χ2v) is 5.83. The zero-order valence-electron chi connectivity index (χ0n) is 12.5. The first-order valence-corrected chi connectivity index (χ1v) is 7.27. The molecule has 0 aliphatic rings. The van der Waals surface area contributed by atoms with Gasteiger partial charge < -0.3 is 0 Å². The third kappa shape index (κ3) is 2.89. The highest BCUT2D eigenvalue weighted by atomic mass is 14.2. The van der Waals surface area contributed by atoms with Gasteiger partial charge in [0.2, 0.25) is 0 Å². The number of rotatable bonds is 4. The lowest BCUT2D eigenvalue weighted by Gasteiger charge is -2.23. The first-order valence-electron chi connectivity index (χ1n) is 7.27. The molecule has 2 aromatic carbocycles. The van der Waals surface area contributed by atoms with E-state index in [1.807, 2.05) is 0 Å². The number of hydrogen-bond donors (Lipinski definition) is 0. The van der Waals surface area contributed by atoms with Crippen molar-refractivity contribution in [3.05, 3.63) is 59.7 Å². The van der Waals surface area contributed by atoms with Crippen molar-refractivity contribution in [2.24, 2.45) is 0 Å². The fraction of sp³-hybridized carbons (Fsp3) is 0.368. The van der Waals surface area contributed by atoms with Gasteiger partial charge in [0, 0.05) is 0 Å². The summed E-state index contributed by atoms with van der Waals surface area (Å²) in [5, 5.41) is 0. The quantitative estimate of drug-likeness (QED) is 0.664. The molecule has 100 valence electrons. The van der Waals surface area contributed by atoms with Crippen LogP contribution in [-0.4, -0.2) is 0 Å². The smallest absolute Gasteiger partial charge is 0.0106 e. The van der Waals surface area contributed by atoms with Crippen LogP contribution in [0.4, 0.5) is 0 Å². The number of aryl methyl sites for hydroxylation is 1. The van der Waals surface area contributed by atoms with Crippen LogP contribution in [0.2, 0.25) is 0 Å². The Morgan fingerprint density at radius 3 is 2.05 bits per heavy atom. The van der Waals surface area contributed by atoms with Gasteiger partial charge in [0.25, 0.3) is 0 Å². The minimum atomic E-state index is 0.267. The third-order valence-electron chi connectivity index (χ3n) is 4.26. The van der Waals surface area contributed by atoms with Crippen LogP contribution in [-0.2, 0) is 11.8 Å². The predicted molar refractivity (Wildman–Crippen MR) is 84.6 cm³/mol. The molecule has 0 radical (unpaired) electrons. The van der Waals surface area contributed by atoms with E-state index in [9.17, 15) is 0 Å². The van der Waals surface area contributed by atoms with Gasteiger partial charge in [0.1, 0.15) is 0 Å². The summed E-state index contributed by atoms with van der Waals surface area (Å²) < 4.78 is 0. The van der Waals surface area contributed by atoms with Crippen molar-refractivity contribution in [1.29, 1.82) is 0 Å². The zero-order valence-corrected chi connectivity index (χ0v) is 12.5. The van der Waals surface area contributed by atoms with Crippen LogP contribution in [0.15, 0.2) is 48.5 Å². The topological polar surface area (TPSA) is 0 Å². The van der Waals surface area contributed by atoms with Gasteiger partial charge in [-0.05, 0) is 40.5 Å². The maximum absolute atomic E-state index is 2.31. The second kappa shape index (κ2) is 5.61. The number of benzene rings is 2. The molecule has 2 rings (SSSR count). The third-order valence-corrected chi connectivity index (χ3v) is 4.26. The molecule has 0 heteroatoms. The van der Waals surface area contributed by atoms with Crippen molar-refractivity contribution < 1.29 is 0 Å². The van der Waals surface area contributed by atoms with Gasteiger partial charge in [-0.15, -0.1) is 0 Å². The van der Waals surface area contributed by atoms with Crippen molar-refractivity contribution in [1.82, 2.24) is 0 Å². The summed E-state index contributed by atoms with van der Waals surface area (Å²) in [6.07, 6.45) is 2.25. The fourth-order valence-electron chi connectivity index (χ4n) is 2.42. The summed E-state index contributed by atoms with van der Waals surface area (Å²) in [4.78, 5) is 0. The highest BCUT2D eigenvalue weighted by Crippen LogP contribution is 2.30. The summed E-state index contributed by atoms with van der Waals surface area (Å²) >= 11 is 0. The fourth-order valence-corrected chi connectivity index (χ4v) is 2.42. The van der Waals surface area contributed by atoms with Crippen LogP contribution in [0, 0.1) is 0 Å². The molecule has 0 N–H and O–H groups in total. The molecule has 0 amide bonds. The van der Waals surface area contributed by atoms with Gasteiger partial charge in [-0.3, -0.25) is 0 Å². The molecule has 2 aromatic rings. The Labute approximate surface area is 117 Å². The SMILES string of the molecule is CCc1ccccc1-c1ccc(C(C)(C)CC)cc1. The maximum atomic E-state index is 2.31. The minimum Gasteiger partial charge on any atom is -0.0646 e. The lowest BCUT2D eigenvalue weighted by molar-refractivity contribution is 0.506. The summed E-state index contributed by atoms with van der Waals surface area (Å²) in [7, 11) is 0. The number of hydrogen-bond acceptors (Lipinski definition) is 0. The normalized spacial score (nSPS) is 11.6. The largest absolute Gasteiger partial charge is 0.0646 e. The van der Waals surface area contributed by atoms with E-state index in [0.717, 1.165) is 12.8 Å². The van der Waals surface area contributed by atoms with Crippen LogP contribution >= 0.6 is 0 Å². The first-order chi connectivity index (χ1) is 9.08. The monoisotopic (exact) mass is 252 g/mol. The Kier molecular flexibility index (Phi) is 4.09. The van der Waals surface area contributed by atoms with E-state index >= 15 is 0 Å². The Balaban J connectivity index is 2.38. The Bertz CT molecular complexity index is 532. The van der Waals surface area contributed by atoms with Gasteiger partial charge in [-0.1, -0.05) is 76.2 Å². The van der Waals surface area contributed by atoms with Gasteiger partial charge in [0.05, 0.1) is 0 Å². The molecule has 19 heavy (non-hydrogen) atoms. The summed E-state index contributed by atoms with van der Waals surface area (Å²) in [5.74, 6) is 0. The predicted octanol–water partition coefficient (Wildman–Crippen LogP) is 5.60. The molecule has 0 aliphatic carbocycles. The van der Waals surface area contributed by atoms with Gasteiger partial charge in [-0.25, -0.2) is 0 Å². The van der Waals surface area contributed by atoms with Gasteiger partial charge >= 0.3 is 0 Å². The molecular formula is C19H24. The molecule has 0 nitrogen and oxygen atoms in total. The standard InChI is InChI=1S/C19H24/c1-5-15-9-7-8-10-18(15)16-11-13-17(14-12-16)19(3,4)6-2/h7-14H,5-6H2,1-4H3. The lowest BCUT2D eigenvalue weighted by atomic mass is 9.81. The molecular weight excluding hydrogens is 228 g/mol. The van der Waals surface area contributed by atoms with Crippen molar-refractivity contribution >= 4 is 0 Å². The summed E-state index contributed by atoms with van der Waals surface area (Å²) in [6, 6.07) is 17.8. The van der Waals surface area contributed by atoms with Crippen LogP contribution in [0.1, 0.15) is 45.2 Å². The highest BCUT2D eigenvalue weighted by Gasteiger charge is 2.17. The van der Waals surface area contributed by atoms with Crippen molar-refractivity contribution in [3.63, 3.8) is 0 Å². The molecule has 0 saturated heterocycles. The van der Waals surface area contributed by atoms with E-state index in [-0.39, 0.29) is 5.41 Å². The van der Waals surface area contributed by atoms with E-state index in [4.69, 9.17) is 0 Å². The minimum absolute atomic E-state index is 0.267. The van der Waals surface area contributed by atoms with Crippen LogP contribution < -0.4 is 0 Å². The van der Waals surface area contributed by atoms with Gasteiger partial charge in [0.15, 0.2) is 0 Å². The van der Waals surface area contributed by atoms with E-state index in [1.54, 1.807) is 0 Å². The molecule has 0 unspecified atom stereocenters. The van der Waals surface area contributed by atoms with E-state index in [2.05, 4.69) is 76.2 Å². The van der Waals surface area contributed by atoms with Crippen LogP contribution in [0.25, 0.3) is 11.1 Å². The first kappa shape index (κ1) is 13.9. The van der Waals surface area contributed by atoms with Crippen molar-refractivity contribution in [2.45, 2.75) is 46.0 Å². The Hall–Kier alpha value is -1.56. The highest BCUT2D eigenvalue weighted by molar-refractivity contribution is 5.67. The molecule has 0 aromatic heterocycles. The van der Waals surface area contributed by atoms with Crippen LogP contribution in [0.3, 0.4) is 0 Å². The molecule has 0 spiro atoms. The molecule has 0 bridgehead atoms. The lowest BCUT2D eigenvalue weighted by Crippen LogP contribution is -2.14. The summed E-state index contributed by atoms with van der Waals surface area (Å²) in [5.41, 5.74) is 5.81. The maximum Gasteiger partial charge on any atom is -0.0106 e. The van der Waals surface area contributed by atoms with E-state index < -0.39 is 0 Å². The van der Waals surface area contributed by atoms with Crippen molar-refractivity contribution in [2.75, 3.05) is 0 Å². The van der Waals surface area contributed by atoms with E-state index in [1.165, 1.54) is 22.3 Å². The average molecular weight is 252 g/mol. The average Bonchev–Trinajstić information content (AvgIpc) is 2.47. The van der Waals surface area contributed by atoms with Crippen molar-refractivity contribution in [3.8, 4) is 11.1 Å². The zero-order chi connectivity index (χ0) is 13.9. The Morgan fingerprint density at radius 1 is 0.842 bits per heavy atom. The molecule has 0 fully saturated rings. The second-order valence-electron chi connectivity index (χ2n) is 5.83. The van der Waals surface area contributed by atoms with Crippen LogP contribution in [0.5, 0.6) is 0 Å². The molecule has 0 saturated carbocycles. The molecule has 0 heterocycles. The Morgan fingerprint density at radius 2 is 1.47 bits per heavy atom. The molecule has 0 aliphatic heterocycles. The van der Waals surface area contributed by atoms with E-state index in [0.29, 0.717) is 0 Å². The molecule has 0 atom stereocenters. The van der Waals surface area contributed by atoms with Gasteiger partial charge in [-0.2, -0.15) is 0 Å².